The van der Waals surface area contributed by atoms with Crippen LogP contribution in [0.4, 0.5) is 0 Å². The fourth-order valence-corrected chi connectivity index (χ4v) is 3.85. The minimum Gasteiger partial charge on any atom is -0.375 e. The van der Waals surface area contributed by atoms with E-state index in [0.29, 0.717) is 12.2 Å². The molecular formula is C15H31N3O. The minimum atomic E-state index is 0.135. The topological polar surface area (TPSA) is 41.7 Å². The third kappa shape index (κ3) is 2.97. The standard InChI is InChI=1S/C15H31N3O/c1-12-8-15(10-16,9-13(2)19-12)18-7-6-17(5)14(3,4)11-18/h12-13H,6-11,16H2,1-5H3. The van der Waals surface area contributed by atoms with Crippen LogP contribution in [0.25, 0.3) is 0 Å². The molecule has 2 aliphatic heterocycles. The van der Waals surface area contributed by atoms with Crippen molar-refractivity contribution in [3.8, 4) is 0 Å². The fourth-order valence-electron chi connectivity index (χ4n) is 3.85. The first-order valence-corrected chi connectivity index (χ1v) is 7.61. The minimum absolute atomic E-state index is 0.135. The summed E-state index contributed by atoms with van der Waals surface area (Å²) in [4.78, 5) is 5.10. The van der Waals surface area contributed by atoms with Gasteiger partial charge in [0, 0.05) is 37.3 Å². The Labute approximate surface area is 118 Å². The number of rotatable bonds is 2. The SMILES string of the molecule is CC1CC(CN)(N2CCN(C)C(C)(C)C2)CC(C)O1. The van der Waals surface area contributed by atoms with Crippen LogP contribution in [-0.4, -0.2) is 66.3 Å². The summed E-state index contributed by atoms with van der Waals surface area (Å²) < 4.78 is 5.91. The molecule has 0 aromatic heterocycles. The lowest BCUT2D eigenvalue weighted by molar-refractivity contribution is -0.122. The Morgan fingerprint density at radius 3 is 2.21 bits per heavy atom. The highest BCUT2D eigenvalue weighted by molar-refractivity contribution is 5.02. The van der Waals surface area contributed by atoms with Crippen molar-refractivity contribution in [3.63, 3.8) is 0 Å². The molecule has 0 bridgehead atoms. The first kappa shape index (κ1) is 15.2. The fraction of sp³-hybridized carbons (Fsp3) is 1.00. The van der Waals surface area contributed by atoms with Gasteiger partial charge in [-0.1, -0.05) is 0 Å². The molecule has 0 spiro atoms. The van der Waals surface area contributed by atoms with Crippen molar-refractivity contribution in [2.75, 3.05) is 33.2 Å². The maximum absolute atomic E-state index is 6.21. The Kier molecular flexibility index (Phi) is 4.26. The number of hydrogen-bond acceptors (Lipinski definition) is 4. The predicted octanol–water partition coefficient (Wildman–Crippen LogP) is 1.30. The number of ether oxygens (including phenoxy) is 1. The molecule has 0 amide bonds. The van der Waals surface area contributed by atoms with Gasteiger partial charge in [0.2, 0.25) is 0 Å². The Morgan fingerprint density at radius 1 is 1.16 bits per heavy atom. The van der Waals surface area contributed by atoms with Crippen molar-refractivity contribution in [2.24, 2.45) is 5.73 Å². The monoisotopic (exact) mass is 269 g/mol. The summed E-state index contributed by atoms with van der Waals surface area (Å²) in [7, 11) is 2.22. The lowest BCUT2D eigenvalue weighted by Crippen LogP contribution is -2.68. The number of hydrogen-bond donors (Lipinski definition) is 1. The molecule has 4 heteroatoms. The van der Waals surface area contributed by atoms with Crippen molar-refractivity contribution >= 4 is 0 Å². The highest BCUT2D eigenvalue weighted by Gasteiger charge is 2.45. The van der Waals surface area contributed by atoms with Gasteiger partial charge in [-0.2, -0.15) is 0 Å². The molecule has 4 nitrogen and oxygen atoms in total. The van der Waals surface area contributed by atoms with Gasteiger partial charge in [0.15, 0.2) is 0 Å². The molecule has 0 radical (unpaired) electrons. The molecule has 2 rings (SSSR count). The number of likely N-dealkylation sites (N-methyl/N-ethyl adjacent to an activating group) is 1. The molecule has 0 aromatic carbocycles. The van der Waals surface area contributed by atoms with Crippen molar-refractivity contribution in [2.45, 2.75) is 63.8 Å². The molecule has 112 valence electrons. The Bertz CT molecular complexity index is 309. The summed E-state index contributed by atoms with van der Waals surface area (Å²) in [6.07, 6.45) is 2.76. The van der Waals surface area contributed by atoms with Crippen molar-refractivity contribution in [3.05, 3.63) is 0 Å². The van der Waals surface area contributed by atoms with E-state index in [1.54, 1.807) is 0 Å². The van der Waals surface area contributed by atoms with Gasteiger partial charge in [0.1, 0.15) is 0 Å². The van der Waals surface area contributed by atoms with E-state index >= 15 is 0 Å². The predicted molar refractivity (Wildman–Crippen MR) is 79.3 cm³/mol. The molecule has 2 unspecified atom stereocenters. The van der Waals surface area contributed by atoms with Crippen LogP contribution in [-0.2, 0) is 4.74 Å². The Morgan fingerprint density at radius 2 is 1.74 bits per heavy atom. The van der Waals surface area contributed by atoms with Crippen LogP contribution in [0.5, 0.6) is 0 Å². The van der Waals surface area contributed by atoms with E-state index in [4.69, 9.17) is 10.5 Å². The zero-order valence-corrected chi connectivity index (χ0v) is 13.3. The van der Waals surface area contributed by atoms with Crippen molar-refractivity contribution < 1.29 is 4.74 Å². The molecule has 2 N–H and O–H groups in total. The Balaban J connectivity index is 2.17. The second-order valence-corrected chi connectivity index (χ2v) is 7.25. The van der Waals surface area contributed by atoms with E-state index in [1.165, 1.54) is 0 Å². The molecule has 0 aromatic rings. The van der Waals surface area contributed by atoms with Gasteiger partial charge >= 0.3 is 0 Å². The third-order valence-corrected chi connectivity index (χ3v) is 5.17. The quantitative estimate of drug-likeness (QED) is 0.820. The van der Waals surface area contributed by atoms with Gasteiger partial charge < -0.3 is 10.5 Å². The van der Waals surface area contributed by atoms with E-state index in [2.05, 4.69) is 44.5 Å². The molecule has 0 aliphatic carbocycles. The van der Waals surface area contributed by atoms with Gasteiger partial charge in [0.25, 0.3) is 0 Å². The zero-order valence-electron chi connectivity index (χ0n) is 13.3. The molecule has 2 saturated heterocycles. The summed E-state index contributed by atoms with van der Waals surface area (Å²) in [6, 6.07) is 0. The lowest BCUT2D eigenvalue weighted by atomic mass is 9.80. The highest BCUT2D eigenvalue weighted by atomic mass is 16.5. The first-order valence-electron chi connectivity index (χ1n) is 7.61. The second-order valence-electron chi connectivity index (χ2n) is 7.25. The molecule has 0 saturated carbocycles. The molecule has 19 heavy (non-hydrogen) atoms. The number of nitrogens with two attached hydrogens (primary N) is 1. The zero-order chi connectivity index (χ0) is 14.3. The lowest BCUT2D eigenvalue weighted by Gasteiger charge is -2.55. The van der Waals surface area contributed by atoms with E-state index in [9.17, 15) is 0 Å². The van der Waals surface area contributed by atoms with Gasteiger partial charge in [-0.15, -0.1) is 0 Å². The van der Waals surface area contributed by atoms with E-state index < -0.39 is 0 Å². The summed E-state index contributed by atoms with van der Waals surface area (Å²) in [5.41, 5.74) is 6.57. The van der Waals surface area contributed by atoms with E-state index in [-0.39, 0.29) is 11.1 Å². The first-order chi connectivity index (χ1) is 8.79. The normalized spacial score (nSPS) is 41.4. The van der Waals surface area contributed by atoms with Crippen LogP contribution in [0.15, 0.2) is 0 Å². The van der Waals surface area contributed by atoms with Crippen LogP contribution < -0.4 is 5.73 Å². The molecule has 2 fully saturated rings. The smallest absolute Gasteiger partial charge is 0.0568 e. The maximum atomic E-state index is 6.21. The number of piperazine rings is 1. The maximum Gasteiger partial charge on any atom is 0.0568 e. The molecule has 2 atom stereocenters. The van der Waals surface area contributed by atoms with Gasteiger partial charge in [-0.25, -0.2) is 0 Å². The average molecular weight is 269 g/mol. The van der Waals surface area contributed by atoms with Crippen LogP contribution in [0, 0.1) is 0 Å². The number of nitrogens with zero attached hydrogens (tertiary/aromatic N) is 2. The van der Waals surface area contributed by atoms with Crippen LogP contribution in [0.1, 0.15) is 40.5 Å². The molecular weight excluding hydrogens is 238 g/mol. The van der Waals surface area contributed by atoms with Gasteiger partial charge in [-0.3, -0.25) is 9.80 Å². The van der Waals surface area contributed by atoms with Crippen LogP contribution >= 0.6 is 0 Å². The van der Waals surface area contributed by atoms with E-state index in [1.807, 2.05) is 0 Å². The summed E-state index contributed by atoms with van der Waals surface area (Å²) in [5.74, 6) is 0. The summed E-state index contributed by atoms with van der Waals surface area (Å²) in [5, 5.41) is 0. The van der Waals surface area contributed by atoms with E-state index in [0.717, 1.165) is 39.0 Å². The third-order valence-electron chi connectivity index (χ3n) is 5.17. The summed E-state index contributed by atoms with van der Waals surface area (Å²) in [6.45, 7) is 13.1. The van der Waals surface area contributed by atoms with Crippen molar-refractivity contribution in [1.82, 2.24) is 9.80 Å². The van der Waals surface area contributed by atoms with Gasteiger partial charge in [-0.05, 0) is 47.6 Å². The highest BCUT2D eigenvalue weighted by Crippen LogP contribution is 2.36. The average Bonchev–Trinajstić information content (AvgIpc) is 2.31. The molecule has 2 aliphatic rings. The van der Waals surface area contributed by atoms with Crippen LogP contribution in [0.2, 0.25) is 0 Å². The second kappa shape index (κ2) is 5.32. The van der Waals surface area contributed by atoms with Crippen molar-refractivity contribution in [1.29, 1.82) is 0 Å². The largest absolute Gasteiger partial charge is 0.375 e. The Hall–Kier alpha value is -0.160. The van der Waals surface area contributed by atoms with Crippen LogP contribution in [0.3, 0.4) is 0 Å². The van der Waals surface area contributed by atoms with Gasteiger partial charge in [0.05, 0.1) is 12.2 Å². The summed E-state index contributed by atoms with van der Waals surface area (Å²) >= 11 is 0. The molecule has 2 heterocycles.